The number of benzene rings is 3. The normalized spacial score (nSPS) is 12.2. The van der Waals surface area contributed by atoms with Crippen LogP contribution in [0.5, 0.6) is 0 Å². The second-order valence-corrected chi connectivity index (χ2v) is 9.31. The molecule has 0 spiro atoms. The number of aromatic amines is 1. The molecule has 0 amide bonds. The van der Waals surface area contributed by atoms with Crippen molar-refractivity contribution in [1.29, 1.82) is 0 Å². The van der Waals surface area contributed by atoms with E-state index in [2.05, 4.69) is 51.8 Å². The number of fused-ring (bicyclic) bond motifs is 1. The molecule has 0 aliphatic heterocycles. The van der Waals surface area contributed by atoms with Gasteiger partial charge in [-0.1, -0.05) is 60.3 Å². The zero-order chi connectivity index (χ0) is 22.9. The Kier molecular flexibility index (Phi) is 5.56. The lowest BCUT2D eigenvalue weighted by Gasteiger charge is -2.15. The summed E-state index contributed by atoms with van der Waals surface area (Å²) in [5, 5.41) is 10.2. The van der Waals surface area contributed by atoms with Gasteiger partial charge in [0, 0.05) is 5.56 Å². The highest BCUT2D eigenvalue weighted by atomic mass is 32.2. The monoisotopic (exact) mass is 453 g/mol. The summed E-state index contributed by atoms with van der Waals surface area (Å²) in [6.07, 6.45) is 0. The van der Waals surface area contributed by atoms with Crippen molar-refractivity contribution in [3.63, 3.8) is 0 Å². The average molecular weight is 454 g/mol. The predicted molar refractivity (Wildman–Crippen MR) is 133 cm³/mol. The second-order valence-electron chi connectivity index (χ2n) is 8.00. The van der Waals surface area contributed by atoms with Gasteiger partial charge in [-0.05, 0) is 56.2 Å². The summed E-state index contributed by atoms with van der Waals surface area (Å²) < 4.78 is 2.07. The van der Waals surface area contributed by atoms with Crippen molar-refractivity contribution in [2.75, 3.05) is 0 Å². The van der Waals surface area contributed by atoms with E-state index in [-0.39, 0.29) is 10.8 Å². The van der Waals surface area contributed by atoms with Crippen LogP contribution >= 0.6 is 11.8 Å². The first-order valence-corrected chi connectivity index (χ1v) is 11.6. The van der Waals surface area contributed by atoms with Gasteiger partial charge < -0.3 is 4.98 Å². The molecule has 7 heteroatoms. The number of thioether (sulfide) groups is 1. The van der Waals surface area contributed by atoms with Crippen molar-refractivity contribution >= 4 is 22.7 Å². The second kappa shape index (κ2) is 8.67. The zero-order valence-electron chi connectivity index (χ0n) is 18.6. The third kappa shape index (κ3) is 4.07. The number of nitrogens with zero attached hydrogens (tertiary/aromatic N) is 4. The van der Waals surface area contributed by atoms with E-state index in [1.54, 1.807) is 6.07 Å². The summed E-state index contributed by atoms with van der Waals surface area (Å²) in [6.45, 7) is 6.22. The Hall–Kier alpha value is -3.71. The van der Waals surface area contributed by atoms with Crippen LogP contribution < -0.4 is 5.56 Å². The smallest absolute Gasteiger partial charge is 0.258 e. The number of hydrogen-bond acceptors (Lipinski definition) is 5. The molecule has 0 aliphatic carbocycles. The Morgan fingerprint density at radius 3 is 2.45 bits per heavy atom. The van der Waals surface area contributed by atoms with E-state index in [0.29, 0.717) is 16.7 Å². The minimum absolute atomic E-state index is 0.136. The van der Waals surface area contributed by atoms with Gasteiger partial charge in [-0.25, -0.2) is 4.98 Å². The van der Waals surface area contributed by atoms with E-state index < -0.39 is 0 Å². The van der Waals surface area contributed by atoms with Crippen LogP contribution in [0, 0.1) is 13.8 Å². The van der Waals surface area contributed by atoms with Gasteiger partial charge in [0.15, 0.2) is 11.0 Å². The van der Waals surface area contributed by atoms with Crippen LogP contribution in [-0.2, 0) is 0 Å². The minimum Gasteiger partial charge on any atom is -0.309 e. The van der Waals surface area contributed by atoms with Gasteiger partial charge in [0.25, 0.3) is 5.56 Å². The van der Waals surface area contributed by atoms with Crippen LogP contribution in [0.1, 0.15) is 29.1 Å². The van der Waals surface area contributed by atoms with E-state index >= 15 is 0 Å². The molecule has 0 unspecified atom stereocenters. The third-order valence-electron chi connectivity index (χ3n) is 5.71. The van der Waals surface area contributed by atoms with Crippen LogP contribution in [-0.4, -0.2) is 24.7 Å². The van der Waals surface area contributed by atoms with Gasteiger partial charge >= 0.3 is 0 Å². The minimum atomic E-state index is -0.138. The molecule has 5 aromatic rings. The van der Waals surface area contributed by atoms with Crippen LogP contribution in [0.4, 0.5) is 0 Å². The lowest BCUT2D eigenvalue weighted by molar-refractivity contribution is 0.861. The number of H-pyrrole nitrogens is 1. The Morgan fingerprint density at radius 2 is 1.67 bits per heavy atom. The number of hydrogen-bond donors (Lipinski definition) is 1. The van der Waals surface area contributed by atoms with Crippen molar-refractivity contribution in [3.05, 3.63) is 100 Å². The van der Waals surface area contributed by atoms with Gasteiger partial charge in [0.1, 0.15) is 5.82 Å². The first kappa shape index (κ1) is 21.2. The molecule has 0 fully saturated rings. The van der Waals surface area contributed by atoms with E-state index in [9.17, 15) is 4.79 Å². The molecule has 1 N–H and O–H groups in total. The molecule has 3 aromatic carbocycles. The summed E-state index contributed by atoms with van der Waals surface area (Å²) in [7, 11) is 0. The fourth-order valence-electron chi connectivity index (χ4n) is 3.73. The summed E-state index contributed by atoms with van der Waals surface area (Å²) in [5.74, 6) is 1.38. The summed E-state index contributed by atoms with van der Waals surface area (Å²) in [4.78, 5) is 20.2. The van der Waals surface area contributed by atoms with Crippen molar-refractivity contribution < 1.29 is 0 Å². The van der Waals surface area contributed by atoms with Crippen molar-refractivity contribution in [3.8, 4) is 17.1 Å². The fourth-order valence-corrected chi connectivity index (χ4v) is 4.65. The van der Waals surface area contributed by atoms with E-state index in [1.807, 2.05) is 55.5 Å². The molecular formula is C26H23N5OS. The molecule has 6 nitrogen and oxygen atoms in total. The van der Waals surface area contributed by atoms with Crippen molar-refractivity contribution in [2.45, 2.75) is 31.2 Å². The standard InChI is InChI=1S/C26H23N5OS/c1-16-13-14-20(15-17(16)2)31-24(19-9-5-4-6-10-19)29-30-26(31)33-18(3)23-27-22-12-8-7-11-21(22)25(32)28-23/h4-15,18H,1-3H3,(H,27,28,32)/t18-/m0/s1. The lowest BCUT2D eigenvalue weighted by Crippen LogP contribution is -2.13. The van der Waals surface area contributed by atoms with E-state index in [0.717, 1.165) is 22.2 Å². The lowest BCUT2D eigenvalue weighted by atomic mass is 10.1. The predicted octanol–water partition coefficient (Wildman–Crippen LogP) is 5.64. The van der Waals surface area contributed by atoms with E-state index in [4.69, 9.17) is 4.98 Å². The molecule has 0 saturated carbocycles. The van der Waals surface area contributed by atoms with Crippen molar-refractivity contribution in [1.82, 2.24) is 24.7 Å². The molecule has 164 valence electrons. The maximum Gasteiger partial charge on any atom is 0.258 e. The van der Waals surface area contributed by atoms with Gasteiger partial charge in [0.05, 0.1) is 21.8 Å². The Bertz CT molecular complexity index is 1510. The number of aryl methyl sites for hydroxylation is 2. The summed E-state index contributed by atoms with van der Waals surface area (Å²) in [5.41, 5.74) is 4.96. The topological polar surface area (TPSA) is 76.5 Å². The average Bonchev–Trinajstić information content (AvgIpc) is 3.25. The Labute approximate surface area is 195 Å². The highest BCUT2D eigenvalue weighted by molar-refractivity contribution is 7.99. The first-order valence-electron chi connectivity index (χ1n) is 10.8. The molecule has 0 saturated heterocycles. The van der Waals surface area contributed by atoms with Crippen LogP contribution in [0.3, 0.4) is 0 Å². The maximum atomic E-state index is 12.6. The number of nitrogens with one attached hydrogen (secondary N) is 1. The number of para-hydroxylation sites is 1. The van der Waals surface area contributed by atoms with Crippen molar-refractivity contribution in [2.24, 2.45) is 0 Å². The SMILES string of the molecule is Cc1ccc(-n2c(S[C@@H](C)c3nc4ccccc4c(=O)[nH]3)nnc2-c2ccccc2)cc1C. The first-order chi connectivity index (χ1) is 16.0. The van der Waals surface area contributed by atoms with Gasteiger partial charge in [-0.3, -0.25) is 9.36 Å². The molecule has 2 heterocycles. The molecule has 0 radical (unpaired) electrons. The van der Waals surface area contributed by atoms with Gasteiger partial charge in [0.2, 0.25) is 0 Å². The zero-order valence-corrected chi connectivity index (χ0v) is 19.4. The number of rotatable bonds is 5. The summed E-state index contributed by atoms with van der Waals surface area (Å²) in [6, 6.07) is 23.7. The third-order valence-corrected chi connectivity index (χ3v) is 6.76. The molecule has 0 bridgehead atoms. The largest absolute Gasteiger partial charge is 0.309 e. The maximum absolute atomic E-state index is 12.6. The highest BCUT2D eigenvalue weighted by Gasteiger charge is 2.21. The highest BCUT2D eigenvalue weighted by Crippen LogP contribution is 2.36. The Balaban J connectivity index is 1.59. The molecule has 1 atom stereocenters. The quantitative estimate of drug-likeness (QED) is 0.349. The fraction of sp³-hybridized carbons (Fsp3) is 0.154. The summed E-state index contributed by atoms with van der Waals surface area (Å²) >= 11 is 1.52. The van der Waals surface area contributed by atoms with E-state index in [1.165, 1.54) is 22.9 Å². The van der Waals surface area contributed by atoms with Gasteiger partial charge in [-0.2, -0.15) is 0 Å². The van der Waals surface area contributed by atoms with Crippen LogP contribution in [0.25, 0.3) is 28.0 Å². The molecular weight excluding hydrogens is 430 g/mol. The molecule has 5 rings (SSSR count). The molecule has 2 aromatic heterocycles. The van der Waals surface area contributed by atoms with Crippen LogP contribution in [0.15, 0.2) is 82.7 Å². The molecule has 0 aliphatic rings. The van der Waals surface area contributed by atoms with Gasteiger partial charge in [-0.15, -0.1) is 10.2 Å². The molecule has 33 heavy (non-hydrogen) atoms. The number of aromatic nitrogens is 5. The Morgan fingerprint density at radius 1 is 0.909 bits per heavy atom. The van der Waals surface area contributed by atoms with Crippen LogP contribution in [0.2, 0.25) is 0 Å².